The Labute approximate surface area is 172 Å². The fourth-order valence-electron chi connectivity index (χ4n) is 3.50. The minimum absolute atomic E-state index is 0.0657. The summed E-state index contributed by atoms with van der Waals surface area (Å²) in [5.41, 5.74) is 3.16. The molecule has 4 rings (SSSR count). The van der Waals surface area contributed by atoms with Crippen LogP contribution in [-0.4, -0.2) is 15.3 Å². The van der Waals surface area contributed by atoms with Crippen molar-refractivity contribution in [1.29, 1.82) is 0 Å². The molecule has 6 heteroatoms. The van der Waals surface area contributed by atoms with Crippen LogP contribution in [0.3, 0.4) is 0 Å². The average molecular weight is 415 g/mol. The van der Waals surface area contributed by atoms with Crippen LogP contribution in [0, 0.1) is 5.82 Å². The van der Waals surface area contributed by atoms with E-state index in [1.807, 2.05) is 18.2 Å². The molecule has 1 heterocycles. The Kier molecular flexibility index (Phi) is 5.83. The van der Waals surface area contributed by atoms with E-state index in [1.165, 1.54) is 23.4 Å². The van der Waals surface area contributed by atoms with Crippen molar-refractivity contribution in [3.63, 3.8) is 0 Å². The van der Waals surface area contributed by atoms with Gasteiger partial charge < -0.3 is 0 Å². The molecule has 0 saturated carbocycles. The zero-order chi connectivity index (χ0) is 19.5. The number of nitrogens with zero attached hydrogens (tertiary/aromatic N) is 2. The first-order valence-electron chi connectivity index (χ1n) is 9.35. The third kappa shape index (κ3) is 4.01. The second-order valence-electron chi connectivity index (χ2n) is 6.85. The number of aryl methyl sites for hydroxylation is 2. The van der Waals surface area contributed by atoms with Gasteiger partial charge in [-0.1, -0.05) is 59.8 Å². The van der Waals surface area contributed by atoms with Gasteiger partial charge in [0.05, 0.1) is 12.2 Å². The molecule has 3 aromatic rings. The highest BCUT2D eigenvalue weighted by atomic mass is 35.5. The topological polar surface area (TPSA) is 34.9 Å². The highest BCUT2D eigenvalue weighted by Crippen LogP contribution is 2.25. The van der Waals surface area contributed by atoms with Crippen LogP contribution in [0.2, 0.25) is 5.02 Å². The van der Waals surface area contributed by atoms with Gasteiger partial charge in [0.25, 0.3) is 5.56 Å². The van der Waals surface area contributed by atoms with Crippen molar-refractivity contribution < 1.29 is 4.39 Å². The molecule has 0 atom stereocenters. The molecule has 1 aliphatic carbocycles. The molecule has 0 radical (unpaired) electrons. The first-order valence-corrected chi connectivity index (χ1v) is 10.7. The normalized spacial score (nSPS) is 12.9. The number of benzene rings is 2. The molecule has 0 N–H and O–H groups in total. The maximum atomic E-state index is 14.3. The molecule has 3 nitrogen and oxygen atoms in total. The van der Waals surface area contributed by atoms with Crippen LogP contribution in [0.15, 0.2) is 58.5 Å². The number of aromatic nitrogens is 2. The molecular formula is C22H20ClFN2OS. The van der Waals surface area contributed by atoms with Crippen LogP contribution in [0.1, 0.15) is 28.8 Å². The smallest absolute Gasteiger partial charge is 0.257 e. The Balaban J connectivity index is 1.65. The minimum atomic E-state index is -0.403. The number of hydrogen-bond donors (Lipinski definition) is 0. The predicted molar refractivity (Wildman–Crippen MR) is 112 cm³/mol. The monoisotopic (exact) mass is 414 g/mol. The summed E-state index contributed by atoms with van der Waals surface area (Å²) in [6, 6.07) is 14.8. The van der Waals surface area contributed by atoms with Crippen molar-refractivity contribution in [1.82, 2.24) is 9.55 Å². The van der Waals surface area contributed by atoms with Gasteiger partial charge in [-0.3, -0.25) is 9.36 Å². The van der Waals surface area contributed by atoms with Gasteiger partial charge in [-0.15, -0.1) is 0 Å². The highest BCUT2D eigenvalue weighted by molar-refractivity contribution is 7.99. The highest BCUT2D eigenvalue weighted by Gasteiger charge is 2.22. The van der Waals surface area contributed by atoms with Crippen LogP contribution in [0.25, 0.3) is 0 Å². The molecule has 0 aliphatic heterocycles. The summed E-state index contributed by atoms with van der Waals surface area (Å²) in [5.74, 6) is 0.389. The number of rotatable bonds is 6. The van der Waals surface area contributed by atoms with Crippen LogP contribution >= 0.6 is 23.4 Å². The Bertz CT molecular complexity index is 1030. The SMILES string of the molecule is O=c1c2c(nc(SCCc3ccccc3)n1Cc1c(F)cccc1Cl)CCC2. The molecule has 0 unspecified atom stereocenters. The Hall–Kier alpha value is -2.11. The van der Waals surface area contributed by atoms with Gasteiger partial charge in [0, 0.05) is 21.9 Å². The first-order chi connectivity index (χ1) is 13.6. The maximum absolute atomic E-state index is 14.3. The van der Waals surface area contributed by atoms with Crippen LogP contribution in [0.5, 0.6) is 0 Å². The van der Waals surface area contributed by atoms with E-state index < -0.39 is 5.82 Å². The summed E-state index contributed by atoms with van der Waals surface area (Å²) in [5, 5.41) is 0.966. The minimum Gasteiger partial charge on any atom is -0.283 e. The summed E-state index contributed by atoms with van der Waals surface area (Å²) >= 11 is 7.74. The van der Waals surface area contributed by atoms with Crippen molar-refractivity contribution in [2.75, 3.05) is 5.75 Å². The molecule has 0 saturated heterocycles. The lowest BCUT2D eigenvalue weighted by molar-refractivity contribution is 0.572. The fourth-order valence-corrected chi connectivity index (χ4v) is 4.72. The summed E-state index contributed by atoms with van der Waals surface area (Å²) < 4.78 is 15.9. The molecule has 2 aromatic carbocycles. The van der Waals surface area contributed by atoms with Gasteiger partial charge >= 0.3 is 0 Å². The maximum Gasteiger partial charge on any atom is 0.257 e. The zero-order valence-corrected chi connectivity index (χ0v) is 16.9. The first kappa shape index (κ1) is 19.2. The molecule has 1 aliphatic rings. The molecule has 28 heavy (non-hydrogen) atoms. The fraction of sp³-hybridized carbons (Fsp3) is 0.273. The second kappa shape index (κ2) is 8.50. The lowest BCUT2D eigenvalue weighted by Crippen LogP contribution is -2.28. The summed E-state index contributed by atoms with van der Waals surface area (Å²) in [6.45, 7) is 0.0955. The van der Waals surface area contributed by atoms with Gasteiger partial charge in [0.2, 0.25) is 0 Å². The third-order valence-electron chi connectivity index (χ3n) is 5.00. The Morgan fingerprint density at radius 1 is 1.11 bits per heavy atom. The van der Waals surface area contributed by atoms with Gasteiger partial charge in [-0.2, -0.15) is 0 Å². The quantitative estimate of drug-likeness (QED) is 0.424. The van der Waals surface area contributed by atoms with Crippen molar-refractivity contribution in [3.8, 4) is 0 Å². The summed E-state index contributed by atoms with van der Waals surface area (Å²) in [4.78, 5) is 17.8. The Morgan fingerprint density at radius 3 is 2.71 bits per heavy atom. The van der Waals surface area contributed by atoms with Crippen molar-refractivity contribution in [2.24, 2.45) is 0 Å². The van der Waals surface area contributed by atoms with Gasteiger partial charge in [-0.05, 0) is 43.4 Å². The summed E-state index contributed by atoms with van der Waals surface area (Å²) in [6.07, 6.45) is 3.38. The van der Waals surface area contributed by atoms with E-state index in [9.17, 15) is 9.18 Å². The third-order valence-corrected chi connectivity index (χ3v) is 6.33. The van der Waals surface area contributed by atoms with E-state index in [4.69, 9.17) is 16.6 Å². The van der Waals surface area contributed by atoms with E-state index >= 15 is 0 Å². The number of halogens is 2. The standard InChI is InChI=1S/C22H20ClFN2OS/c23-18-9-5-10-19(24)17(18)14-26-21(27)16-8-4-11-20(16)25-22(26)28-13-12-15-6-2-1-3-7-15/h1-3,5-7,9-10H,4,8,11-14H2. The van der Waals surface area contributed by atoms with E-state index in [0.717, 1.165) is 42.7 Å². The lowest BCUT2D eigenvalue weighted by Gasteiger charge is -2.15. The molecule has 144 valence electrons. The van der Waals surface area contributed by atoms with E-state index in [0.29, 0.717) is 15.7 Å². The molecule has 1 aromatic heterocycles. The Morgan fingerprint density at radius 2 is 1.93 bits per heavy atom. The average Bonchev–Trinajstić information content (AvgIpc) is 3.16. The number of fused-ring (bicyclic) bond motifs is 1. The largest absolute Gasteiger partial charge is 0.283 e. The van der Waals surface area contributed by atoms with Gasteiger partial charge in [-0.25, -0.2) is 9.37 Å². The van der Waals surface area contributed by atoms with Crippen molar-refractivity contribution in [2.45, 2.75) is 37.4 Å². The van der Waals surface area contributed by atoms with Gasteiger partial charge in [0.15, 0.2) is 5.16 Å². The number of thioether (sulfide) groups is 1. The van der Waals surface area contributed by atoms with E-state index in [2.05, 4.69) is 12.1 Å². The second-order valence-corrected chi connectivity index (χ2v) is 8.32. The molecule has 0 bridgehead atoms. The van der Waals surface area contributed by atoms with Crippen LogP contribution < -0.4 is 5.56 Å². The summed E-state index contributed by atoms with van der Waals surface area (Å²) in [7, 11) is 0. The van der Waals surface area contributed by atoms with Crippen molar-refractivity contribution in [3.05, 3.63) is 92.1 Å². The lowest BCUT2D eigenvalue weighted by atomic mass is 10.2. The molecule has 0 spiro atoms. The van der Waals surface area contributed by atoms with Crippen LogP contribution in [-0.2, 0) is 25.8 Å². The number of hydrogen-bond acceptors (Lipinski definition) is 3. The molecule has 0 amide bonds. The predicted octanol–water partition coefficient (Wildman–Crippen LogP) is 4.91. The molecular weight excluding hydrogens is 395 g/mol. The van der Waals surface area contributed by atoms with Gasteiger partial charge in [0.1, 0.15) is 5.82 Å². The van der Waals surface area contributed by atoms with E-state index in [1.54, 1.807) is 16.7 Å². The zero-order valence-electron chi connectivity index (χ0n) is 15.3. The van der Waals surface area contributed by atoms with Crippen molar-refractivity contribution >= 4 is 23.4 Å². The molecule has 0 fully saturated rings. The van der Waals surface area contributed by atoms with E-state index in [-0.39, 0.29) is 12.1 Å². The van der Waals surface area contributed by atoms with Crippen LogP contribution in [0.4, 0.5) is 4.39 Å².